The predicted octanol–water partition coefficient (Wildman–Crippen LogP) is 2.11. The van der Waals surface area contributed by atoms with Crippen molar-refractivity contribution >= 4 is 23.5 Å². The number of aromatic hydroxyl groups is 1. The van der Waals surface area contributed by atoms with Gasteiger partial charge in [-0.2, -0.15) is 5.10 Å². The van der Waals surface area contributed by atoms with Crippen LogP contribution in [0.2, 0.25) is 0 Å². The molecule has 10 nitrogen and oxygen atoms in total. The van der Waals surface area contributed by atoms with E-state index in [-0.39, 0.29) is 11.1 Å². The molecule has 0 bridgehead atoms. The molecule has 2 aromatic rings. The minimum Gasteiger partial charge on any atom is -0.502 e. The fourth-order valence-corrected chi connectivity index (χ4v) is 1.82. The number of halogens is 1. The Morgan fingerprint density at radius 3 is 2.52 bits per heavy atom. The molecule has 0 aliphatic heterocycles. The first-order chi connectivity index (χ1) is 11.8. The van der Waals surface area contributed by atoms with E-state index in [0.717, 1.165) is 24.4 Å². The van der Waals surface area contributed by atoms with E-state index >= 15 is 0 Å². The van der Waals surface area contributed by atoms with E-state index in [2.05, 4.69) is 5.10 Å². The molecular weight excluding hydrogens is 339 g/mol. The molecule has 2 N–H and O–H groups in total. The summed E-state index contributed by atoms with van der Waals surface area (Å²) in [5.41, 5.74) is 0.111. The molecule has 11 heteroatoms. The van der Waals surface area contributed by atoms with E-state index in [0.29, 0.717) is 6.07 Å². The van der Waals surface area contributed by atoms with Crippen LogP contribution in [0, 0.1) is 26.0 Å². The summed E-state index contributed by atoms with van der Waals surface area (Å²) in [7, 11) is 0. The van der Waals surface area contributed by atoms with Crippen LogP contribution in [0.4, 0.5) is 15.8 Å². The van der Waals surface area contributed by atoms with Crippen molar-refractivity contribution in [1.29, 1.82) is 0 Å². The highest BCUT2D eigenvalue weighted by Crippen LogP contribution is 2.33. The lowest BCUT2D eigenvalue weighted by Gasteiger charge is -2.02. The highest BCUT2D eigenvalue weighted by atomic mass is 19.1. The third kappa shape index (κ3) is 4.10. The molecule has 128 valence electrons. The maximum absolute atomic E-state index is 13.0. The molecule has 0 saturated heterocycles. The first kappa shape index (κ1) is 17.5. The molecule has 0 fully saturated rings. The SMILES string of the molecule is O=C(NN=Cc1cc([N+](=O)[O-])cc([N+](=O)[O-])c1O)c1cccc(F)c1. The highest BCUT2D eigenvalue weighted by Gasteiger charge is 2.23. The number of nitrogens with zero attached hydrogens (tertiary/aromatic N) is 3. The number of hydrazone groups is 1. The summed E-state index contributed by atoms with van der Waals surface area (Å²) in [5, 5.41) is 34.8. The van der Waals surface area contributed by atoms with Crippen molar-refractivity contribution in [2.45, 2.75) is 0 Å². The molecule has 0 aliphatic rings. The number of hydrogen-bond donors (Lipinski definition) is 2. The van der Waals surface area contributed by atoms with Crippen molar-refractivity contribution in [1.82, 2.24) is 5.43 Å². The average Bonchev–Trinajstić information content (AvgIpc) is 2.55. The normalized spacial score (nSPS) is 10.6. The van der Waals surface area contributed by atoms with Gasteiger partial charge in [-0.25, -0.2) is 9.82 Å². The summed E-state index contributed by atoms with van der Waals surface area (Å²) in [6.45, 7) is 0. The van der Waals surface area contributed by atoms with Crippen LogP contribution in [0.1, 0.15) is 15.9 Å². The van der Waals surface area contributed by atoms with Gasteiger partial charge < -0.3 is 5.11 Å². The molecule has 25 heavy (non-hydrogen) atoms. The third-order valence-corrected chi connectivity index (χ3v) is 2.97. The summed E-state index contributed by atoms with van der Waals surface area (Å²) in [6.07, 6.45) is 0.798. The number of carbonyl (C=O) groups is 1. The number of nitro groups is 2. The standard InChI is InChI=1S/C14H9FN4O6/c15-10-3-1-2-8(4-10)14(21)17-16-7-9-5-11(18(22)23)6-12(13(9)20)19(24)25/h1-7,20H,(H,17,21). The van der Waals surface area contributed by atoms with Gasteiger partial charge in [0.1, 0.15) is 5.82 Å². The molecule has 0 heterocycles. The van der Waals surface area contributed by atoms with E-state index < -0.39 is 38.7 Å². The van der Waals surface area contributed by atoms with Crippen LogP contribution < -0.4 is 5.43 Å². The summed E-state index contributed by atoms with van der Waals surface area (Å²) in [4.78, 5) is 31.5. The van der Waals surface area contributed by atoms with Crippen molar-refractivity contribution in [3.63, 3.8) is 0 Å². The molecule has 1 amide bonds. The Morgan fingerprint density at radius 1 is 1.20 bits per heavy atom. The fraction of sp³-hybridized carbons (Fsp3) is 0. The van der Waals surface area contributed by atoms with E-state index in [1.54, 1.807) is 0 Å². The largest absolute Gasteiger partial charge is 0.502 e. The molecule has 0 atom stereocenters. The van der Waals surface area contributed by atoms with Gasteiger partial charge in [-0.15, -0.1) is 0 Å². The number of phenols is 1. The van der Waals surface area contributed by atoms with Crippen LogP contribution in [0.25, 0.3) is 0 Å². The van der Waals surface area contributed by atoms with Gasteiger partial charge >= 0.3 is 5.69 Å². The topological polar surface area (TPSA) is 148 Å². The van der Waals surface area contributed by atoms with Crippen LogP contribution in [-0.4, -0.2) is 27.1 Å². The smallest absolute Gasteiger partial charge is 0.318 e. The van der Waals surface area contributed by atoms with Crippen molar-refractivity contribution in [3.05, 3.63) is 73.6 Å². The fourth-order valence-electron chi connectivity index (χ4n) is 1.82. The van der Waals surface area contributed by atoms with Crippen LogP contribution in [-0.2, 0) is 0 Å². The minimum atomic E-state index is -0.995. The lowest BCUT2D eigenvalue weighted by Crippen LogP contribution is -2.17. The van der Waals surface area contributed by atoms with Gasteiger partial charge in [-0.1, -0.05) is 6.07 Å². The molecule has 0 spiro atoms. The van der Waals surface area contributed by atoms with Gasteiger partial charge in [0.25, 0.3) is 11.6 Å². The lowest BCUT2D eigenvalue weighted by atomic mass is 10.1. The number of phenolic OH excluding ortho intramolecular Hbond substituents is 1. The Labute approximate surface area is 138 Å². The van der Waals surface area contributed by atoms with E-state index in [9.17, 15) is 34.5 Å². The number of benzene rings is 2. The van der Waals surface area contributed by atoms with E-state index in [1.165, 1.54) is 12.1 Å². The zero-order chi connectivity index (χ0) is 18.6. The third-order valence-electron chi connectivity index (χ3n) is 2.97. The summed E-state index contributed by atoms with van der Waals surface area (Å²) >= 11 is 0. The second-order valence-corrected chi connectivity index (χ2v) is 4.63. The quantitative estimate of drug-likeness (QED) is 0.480. The second-order valence-electron chi connectivity index (χ2n) is 4.63. The predicted molar refractivity (Wildman–Crippen MR) is 82.9 cm³/mol. The van der Waals surface area contributed by atoms with Crippen LogP contribution in [0.5, 0.6) is 5.75 Å². The number of hydrogen-bond acceptors (Lipinski definition) is 7. The number of amides is 1. The molecule has 0 unspecified atom stereocenters. The summed E-state index contributed by atoms with van der Waals surface area (Å²) < 4.78 is 13.0. The average molecular weight is 348 g/mol. The minimum absolute atomic E-state index is 0.0357. The van der Waals surface area contributed by atoms with Crippen LogP contribution in [0.3, 0.4) is 0 Å². The molecule has 0 aliphatic carbocycles. The van der Waals surface area contributed by atoms with E-state index in [1.807, 2.05) is 5.43 Å². The molecule has 2 rings (SSSR count). The van der Waals surface area contributed by atoms with Crippen LogP contribution >= 0.6 is 0 Å². The Hall–Kier alpha value is -3.89. The van der Waals surface area contributed by atoms with Crippen molar-refractivity contribution in [3.8, 4) is 5.75 Å². The number of nitro benzene ring substituents is 2. The van der Waals surface area contributed by atoms with Gasteiger partial charge in [0.2, 0.25) is 5.75 Å². The Kier molecular flexibility index (Phi) is 4.98. The first-order valence-corrected chi connectivity index (χ1v) is 6.54. The van der Waals surface area contributed by atoms with Crippen molar-refractivity contribution in [2.24, 2.45) is 5.10 Å². The number of non-ortho nitro benzene ring substituents is 1. The second kappa shape index (κ2) is 7.12. The number of nitrogens with one attached hydrogen (secondary N) is 1. The molecular formula is C14H9FN4O6. The summed E-state index contributed by atoms with van der Waals surface area (Å²) in [5.74, 6) is -2.27. The molecule has 0 saturated carbocycles. The Balaban J connectivity index is 2.27. The first-order valence-electron chi connectivity index (χ1n) is 6.54. The van der Waals surface area contributed by atoms with Gasteiger partial charge in [-0.05, 0) is 18.2 Å². The lowest BCUT2D eigenvalue weighted by molar-refractivity contribution is -0.394. The Morgan fingerprint density at radius 2 is 1.92 bits per heavy atom. The van der Waals surface area contributed by atoms with Crippen LogP contribution in [0.15, 0.2) is 41.5 Å². The Bertz CT molecular complexity index is 899. The molecule has 0 radical (unpaired) electrons. The zero-order valence-corrected chi connectivity index (χ0v) is 12.2. The summed E-state index contributed by atoms with van der Waals surface area (Å²) in [6, 6.07) is 6.17. The number of rotatable bonds is 5. The van der Waals surface area contributed by atoms with Gasteiger partial charge in [0.05, 0.1) is 27.7 Å². The van der Waals surface area contributed by atoms with Gasteiger partial charge in [0.15, 0.2) is 0 Å². The van der Waals surface area contributed by atoms with E-state index in [4.69, 9.17) is 0 Å². The maximum Gasteiger partial charge on any atom is 0.318 e. The zero-order valence-electron chi connectivity index (χ0n) is 12.2. The molecule has 2 aromatic carbocycles. The van der Waals surface area contributed by atoms with Gasteiger partial charge in [-0.3, -0.25) is 25.0 Å². The molecule has 0 aromatic heterocycles. The maximum atomic E-state index is 13.0. The monoisotopic (exact) mass is 348 g/mol. The van der Waals surface area contributed by atoms with Gasteiger partial charge in [0, 0.05) is 11.6 Å². The van der Waals surface area contributed by atoms with Crippen molar-refractivity contribution < 1.29 is 24.1 Å². The number of carbonyl (C=O) groups excluding carboxylic acids is 1. The van der Waals surface area contributed by atoms with Crippen molar-refractivity contribution in [2.75, 3.05) is 0 Å². The highest BCUT2D eigenvalue weighted by molar-refractivity contribution is 5.95.